The van der Waals surface area contributed by atoms with Crippen LogP contribution in [0, 0.1) is 6.42 Å². The van der Waals surface area contributed by atoms with Gasteiger partial charge in [0.05, 0.1) is 6.42 Å². The van der Waals surface area contributed by atoms with Crippen molar-refractivity contribution >= 4 is 5.91 Å². The number of hydrogen-bond donors (Lipinski definition) is 1. The molecule has 0 bridgehead atoms. The maximum atomic E-state index is 11.8. The van der Waals surface area contributed by atoms with Crippen molar-refractivity contribution in [2.75, 3.05) is 26.2 Å². The molecule has 1 radical (unpaired) electrons. The molecule has 0 spiro atoms. The smallest absolute Gasteiger partial charge is 0.231 e. The molecule has 1 aliphatic heterocycles. The summed E-state index contributed by atoms with van der Waals surface area (Å²) in [6, 6.07) is 3.67. The van der Waals surface area contributed by atoms with Crippen LogP contribution in [0.25, 0.3) is 0 Å². The van der Waals surface area contributed by atoms with Crippen LogP contribution in [0.1, 0.15) is 5.56 Å². The molecule has 1 saturated heterocycles. The molecular formula is C11H14N3O. The standard InChI is InChI=1S/C11H14N3O/c15-11(14-7-5-13-6-8-14)9-10-1-3-12-4-2-10/h1-4,9,13H,5-8H2. The number of aromatic nitrogens is 1. The van der Waals surface area contributed by atoms with Gasteiger partial charge in [-0.25, -0.2) is 0 Å². The summed E-state index contributed by atoms with van der Waals surface area (Å²) in [6.07, 6.45) is 5.04. The minimum atomic E-state index is 0.0858. The highest BCUT2D eigenvalue weighted by atomic mass is 16.2. The zero-order valence-electron chi connectivity index (χ0n) is 8.52. The average Bonchev–Trinajstić information content (AvgIpc) is 2.31. The Hall–Kier alpha value is -1.42. The highest BCUT2D eigenvalue weighted by molar-refractivity contribution is 5.88. The van der Waals surface area contributed by atoms with Gasteiger partial charge in [0.2, 0.25) is 5.91 Å². The van der Waals surface area contributed by atoms with Gasteiger partial charge >= 0.3 is 0 Å². The predicted octanol–water partition coefficient (Wildman–Crippen LogP) is 0.0658. The van der Waals surface area contributed by atoms with Crippen molar-refractivity contribution in [2.24, 2.45) is 0 Å². The molecule has 15 heavy (non-hydrogen) atoms. The number of amides is 1. The van der Waals surface area contributed by atoms with Crippen molar-refractivity contribution in [3.63, 3.8) is 0 Å². The van der Waals surface area contributed by atoms with Crippen LogP contribution in [0.3, 0.4) is 0 Å². The Labute approximate surface area is 89.3 Å². The van der Waals surface area contributed by atoms with E-state index in [0.29, 0.717) is 0 Å². The molecule has 0 aromatic carbocycles. The number of carbonyl (C=O) groups is 1. The minimum absolute atomic E-state index is 0.0858. The van der Waals surface area contributed by atoms with Gasteiger partial charge in [0.1, 0.15) is 0 Å². The second-order valence-electron chi connectivity index (χ2n) is 3.50. The molecule has 4 nitrogen and oxygen atoms in total. The van der Waals surface area contributed by atoms with Crippen molar-refractivity contribution in [3.8, 4) is 0 Å². The van der Waals surface area contributed by atoms with Crippen molar-refractivity contribution in [2.45, 2.75) is 0 Å². The first kappa shape index (κ1) is 10.1. The van der Waals surface area contributed by atoms with Crippen LogP contribution in [0.4, 0.5) is 0 Å². The zero-order chi connectivity index (χ0) is 10.5. The minimum Gasteiger partial charge on any atom is -0.340 e. The molecule has 1 aliphatic rings. The third kappa shape index (κ3) is 2.76. The maximum absolute atomic E-state index is 11.8. The fraction of sp³-hybridized carbons (Fsp3) is 0.364. The Morgan fingerprint density at radius 2 is 2.00 bits per heavy atom. The van der Waals surface area contributed by atoms with E-state index in [1.807, 2.05) is 17.0 Å². The molecule has 4 heteroatoms. The second kappa shape index (κ2) is 4.89. The first-order chi connectivity index (χ1) is 7.36. The van der Waals surface area contributed by atoms with Crippen LogP contribution in [0.15, 0.2) is 24.5 Å². The number of nitrogens with zero attached hydrogens (tertiary/aromatic N) is 2. The van der Waals surface area contributed by atoms with E-state index in [2.05, 4.69) is 10.3 Å². The van der Waals surface area contributed by atoms with Crippen LogP contribution in [-0.2, 0) is 4.79 Å². The number of nitrogens with one attached hydrogen (secondary N) is 1. The lowest BCUT2D eigenvalue weighted by atomic mass is 10.2. The zero-order valence-corrected chi connectivity index (χ0v) is 8.52. The quantitative estimate of drug-likeness (QED) is 0.741. The summed E-state index contributed by atoms with van der Waals surface area (Å²) in [5, 5.41) is 3.22. The summed E-state index contributed by atoms with van der Waals surface area (Å²) in [4.78, 5) is 17.6. The monoisotopic (exact) mass is 204 g/mol. The molecular weight excluding hydrogens is 190 g/mol. The van der Waals surface area contributed by atoms with E-state index in [-0.39, 0.29) is 5.91 Å². The summed E-state index contributed by atoms with van der Waals surface area (Å²) >= 11 is 0. The van der Waals surface area contributed by atoms with E-state index in [1.165, 1.54) is 0 Å². The molecule has 0 aliphatic carbocycles. The molecule has 1 N–H and O–H groups in total. The van der Waals surface area contributed by atoms with Crippen molar-refractivity contribution in [1.82, 2.24) is 15.2 Å². The Balaban J connectivity index is 1.91. The number of hydrogen-bond acceptors (Lipinski definition) is 3. The third-order valence-corrected chi connectivity index (χ3v) is 2.42. The average molecular weight is 204 g/mol. The van der Waals surface area contributed by atoms with Gasteiger partial charge in [-0.2, -0.15) is 0 Å². The number of piperazine rings is 1. The summed E-state index contributed by atoms with van der Waals surface area (Å²) < 4.78 is 0. The lowest BCUT2D eigenvalue weighted by Gasteiger charge is -2.27. The lowest BCUT2D eigenvalue weighted by molar-refractivity contribution is -0.127. The van der Waals surface area contributed by atoms with Gasteiger partial charge in [-0.3, -0.25) is 9.78 Å². The van der Waals surface area contributed by atoms with Crippen LogP contribution in [0.2, 0.25) is 0 Å². The molecule has 1 amide bonds. The number of rotatable bonds is 2. The van der Waals surface area contributed by atoms with E-state index >= 15 is 0 Å². The molecule has 0 atom stereocenters. The van der Waals surface area contributed by atoms with Gasteiger partial charge in [0.25, 0.3) is 0 Å². The first-order valence-electron chi connectivity index (χ1n) is 5.11. The number of carbonyl (C=O) groups excluding carboxylic acids is 1. The highest BCUT2D eigenvalue weighted by Crippen LogP contribution is 2.04. The Morgan fingerprint density at radius 3 is 2.67 bits per heavy atom. The first-order valence-corrected chi connectivity index (χ1v) is 5.11. The van der Waals surface area contributed by atoms with Crippen LogP contribution < -0.4 is 5.32 Å². The van der Waals surface area contributed by atoms with Crippen molar-refractivity contribution in [1.29, 1.82) is 0 Å². The second-order valence-corrected chi connectivity index (χ2v) is 3.50. The lowest BCUT2D eigenvalue weighted by Crippen LogP contribution is -2.46. The van der Waals surface area contributed by atoms with Crippen LogP contribution >= 0.6 is 0 Å². The maximum Gasteiger partial charge on any atom is 0.231 e. The number of pyridine rings is 1. The Morgan fingerprint density at radius 1 is 1.33 bits per heavy atom. The summed E-state index contributed by atoms with van der Waals surface area (Å²) in [5.74, 6) is 0.0858. The SMILES string of the molecule is O=C([CH]c1ccncc1)N1CCNCC1. The van der Waals surface area contributed by atoms with Gasteiger partial charge in [-0.05, 0) is 17.7 Å². The molecule has 2 heterocycles. The van der Waals surface area contributed by atoms with Gasteiger partial charge < -0.3 is 10.2 Å². The van der Waals surface area contributed by atoms with E-state index in [0.717, 1.165) is 31.7 Å². The molecule has 1 aromatic rings. The fourth-order valence-corrected chi connectivity index (χ4v) is 1.58. The largest absolute Gasteiger partial charge is 0.340 e. The normalized spacial score (nSPS) is 16.4. The molecule has 0 saturated carbocycles. The third-order valence-electron chi connectivity index (χ3n) is 2.42. The Bertz CT molecular complexity index is 320. The molecule has 79 valence electrons. The van der Waals surface area contributed by atoms with Crippen LogP contribution in [0.5, 0.6) is 0 Å². The molecule has 1 fully saturated rings. The summed E-state index contributed by atoms with van der Waals surface area (Å²) in [7, 11) is 0. The topological polar surface area (TPSA) is 45.2 Å². The van der Waals surface area contributed by atoms with Crippen LogP contribution in [-0.4, -0.2) is 42.0 Å². The van der Waals surface area contributed by atoms with Gasteiger partial charge in [0, 0.05) is 38.6 Å². The van der Waals surface area contributed by atoms with Crippen molar-refractivity contribution in [3.05, 3.63) is 36.5 Å². The van der Waals surface area contributed by atoms with E-state index < -0.39 is 0 Å². The molecule has 2 rings (SSSR count). The van der Waals surface area contributed by atoms with Gasteiger partial charge in [-0.1, -0.05) is 0 Å². The van der Waals surface area contributed by atoms with Gasteiger partial charge in [-0.15, -0.1) is 0 Å². The van der Waals surface area contributed by atoms with E-state index in [4.69, 9.17) is 0 Å². The van der Waals surface area contributed by atoms with E-state index in [1.54, 1.807) is 18.8 Å². The summed E-state index contributed by atoms with van der Waals surface area (Å²) in [5.41, 5.74) is 0.911. The van der Waals surface area contributed by atoms with Gasteiger partial charge in [0.15, 0.2) is 0 Å². The van der Waals surface area contributed by atoms with E-state index in [9.17, 15) is 4.79 Å². The van der Waals surface area contributed by atoms with Crippen molar-refractivity contribution < 1.29 is 4.79 Å². The molecule has 1 aromatic heterocycles. The fourth-order valence-electron chi connectivity index (χ4n) is 1.58. The predicted molar refractivity (Wildman–Crippen MR) is 57.1 cm³/mol. The summed E-state index contributed by atoms with van der Waals surface area (Å²) in [6.45, 7) is 3.35. The molecule has 0 unspecified atom stereocenters. The highest BCUT2D eigenvalue weighted by Gasteiger charge is 2.16. The Kier molecular flexibility index (Phi) is 3.29.